The van der Waals surface area contributed by atoms with Gasteiger partial charge in [0.1, 0.15) is 0 Å². The fraction of sp³-hybridized carbons (Fsp3) is 0.308. The van der Waals surface area contributed by atoms with Crippen molar-refractivity contribution in [3.8, 4) is 0 Å². The fourth-order valence-electron chi connectivity index (χ4n) is 2.29. The third-order valence-electron chi connectivity index (χ3n) is 3.23. The number of carbonyl (C=O) groups is 1. The van der Waals surface area contributed by atoms with E-state index >= 15 is 0 Å². The summed E-state index contributed by atoms with van der Waals surface area (Å²) < 4.78 is 0. The molecular formula is C13H14N4OS. The number of amides is 1. The maximum Gasteiger partial charge on any atom is 0.251 e. The smallest absolute Gasteiger partial charge is 0.251 e. The van der Waals surface area contributed by atoms with E-state index in [1.165, 1.54) is 16.2 Å². The number of aryl methyl sites for hydroxylation is 1. The van der Waals surface area contributed by atoms with Crippen molar-refractivity contribution < 1.29 is 4.79 Å². The number of nitrogens with two attached hydrogens (primary N) is 1. The summed E-state index contributed by atoms with van der Waals surface area (Å²) in [6, 6.07) is 3.59. The summed E-state index contributed by atoms with van der Waals surface area (Å²) >= 11 is 1.52. The first-order valence-electron chi connectivity index (χ1n) is 6.17. The summed E-state index contributed by atoms with van der Waals surface area (Å²) in [5.74, 6) is -0.0478. The molecule has 0 saturated heterocycles. The molecule has 0 radical (unpaired) electrons. The van der Waals surface area contributed by atoms with Gasteiger partial charge < -0.3 is 11.1 Å². The third kappa shape index (κ3) is 2.58. The molecular weight excluding hydrogens is 260 g/mol. The van der Waals surface area contributed by atoms with Gasteiger partial charge in [0.25, 0.3) is 5.91 Å². The molecule has 0 fully saturated rings. The summed E-state index contributed by atoms with van der Waals surface area (Å²) in [5.41, 5.74) is 7.45. The molecule has 2 aromatic heterocycles. The van der Waals surface area contributed by atoms with Crippen molar-refractivity contribution in [2.75, 3.05) is 5.73 Å². The highest BCUT2D eigenvalue weighted by Gasteiger charge is 2.23. The highest BCUT2D eigenvalue weighted by molar-refractivity contribution is 7.15. The van der Waals surface area contributed by atoms with Gasteiger partial charge in [0.2, 0.25) is 0 Å². The number of carbonyl (C=O) groups excluding carboxylic acids is 1. The number of thiazole rings is 1. The minimum atomic E-state index is -0.0478. The minimum absolute atomic E-state index is 0.0478. The van der Waals surface area contributed by atoms with Gasteiger partial charge in [-0.15, -0.1) is 11.3 Å². The molecule has 1 amide bonds. The first-order valence-corrected chi connectivity index (χ1v) is 6.99. The molecule has 0 spiro atoms. The number of pyridine rings is 1. The van der Waals surface area contributed by atoms with Crippen LogP contribution in [0, 0.1) is 0 Å². The molecule has 0 aromatic carbocycles. The normalized spacial score (nSPS) is 17.8. The van der Waals surface area contributed by atoms with Crippen LogP contribution in [-0.2, 0) is 12.8 Å². The Bertz CT molecular complexity index is 596. The Morgan fingerprint density at radius 1 is 1.42 bits per heavy atom. The molecule has 3 N–H and O–H groups in total. The number of fused-ring (bicyclic) bond motifs is 1. The topological polar surface area (TPSA) is 80.9 Å². The van der Waals surface area contributed by atoms with E-state index in [0.29, 0.717) is 10.7 Å². The average Bonchev–Trinajstić information content (AvgIpc) is 2.79. The van der Waals surface area contributed by atoms with E-state index in [9.17, 15) is 4.79 Å². The molecule has 6 heteroatoms. The van der Waals surface area contributed by atoms with Crippen molar-refractivity contribution in [3.63, 3.8) is 0 Å². The minimum Gasteiger partial charge on any atom is -0.375 e. The molecule has 98 valence electrons. The molecule has 2 aromatic rings. The highest BCUT2D eigenvalue weighted by atomic mass is 32.1. The lowest BCUT2D eigenvalue weighted by atomic mass is 9.97. The molecule has 0 unspecified atom stereocenters. The maximum atomic E-state index is 12.1. The third-order valence-corrected chi connectivity index (χ3v) is 4.18. The summed E-state index contributed by atoms with van der Waals surface area (Å²) in [6.45, 7) is 0. The van der Waals surface area contributed by atoms with E-state index in [2.05, 4.69) is 15.3 Å². The van der Waals surface area contributed by atoms with Crippen LogP contribution in [0.3, 0.4) is 0 Å². The zero-order valence-electron chi connectivity index (χ0n) is 10.3. The van der Waals surface area contributed by atoms with Crippen LogP contribution in [0.15, 0.2) is 24.5 Å². The summed E-state index contributed by atoms with van der Waals surface area (Å²) in [4.78, 5) is 21.5. The fourth-order valence-corrected chi connectivity index (χ4v) is 3.25. The van der Waals surface area contributed by atoms with Crippen molar-refractivity contribution in [3.05, 3.63) is 40.7 Å². The van der Waals surface area contributed by atoms with Crippen LogP contribution in [0.2, 0.25) is 0 Å². The predicted octanol–water partition coefficient (Wildman–Crippen LogP) is 1.41. The van der Waals surface area contributed by atoms with E-state index in [1.807, 2.05) is 0 Å². The molecule has 0 aliphatic heterocycles. The van der Waals surface area contributed by atoms with Gasteiger partial charge in [-0.05, 0) is 25.0 Å². The molecule has 1 aliphatic carbocycles. The number of anilines is 1. The van der Waals surface area contributed by atoms with Gasteiger partial charge in [0, 0.05) is 35.3 Å². The van der Waals surface area contributed by atoms with Gasteiger partial charge in [-0.25, -0.2) is 4.98 Å². The number of hydrogen-bond donors (Lipinski definition) is 2. The van der Waals surface area contributed by atoms with E-state index in [1.54, 1.807) is 24.5 Å². The van der Waals surface area contributed by atoms with Gasteiger partial charge in [0.05, 0.1) is 5.69 Å². The van der Waals surface area contributed by atoms with Crippen LogP contribution >= 0.6 is 11.3 Å². The molecule has 3 rings (SSSR count). The van der Waals surface area contributed by atoms with Crippen molar-refractivity contribution in [1.29, 1.82) is 0 Å². The Morgan fingerprint density at radius 3 is 3.00 bits per heavy atom. The lowest BCUT2D eigenvalue weighted by Crippen LogP contribution is -2.38. The molecule has 5 nitrogen and oxygen atoms in total. The van der Waals surface area contributed by atoms with Crippen molar-refractivity contribution in [2.45, 2.75) is 25.3 Å². The second-order valence-electron chi connectivity index (χ2n) is 4.57. The first kappa shape index (κ1) is 12.1. The number of nitrogens with one attached hydrogen (secondary N) is 1. The van der Waals surface area contributed by atoms with Crippen LogP contribution in [0.25, 0.3) is 0 Å². The number of aromatic nitrogens is 2. The van der Waals surface area contributed by atoms with Crippen molar-refractivity contribution in [2.24, 2.45) is 0 Å². The van der Waals surface area contributed by atoms with E-state index in [-0.39, 0.29) is 11.9 Å². The quantitative estimate of drug-likeness (QED) is 0.867. The standard InChI is InChI=1S/C13H14N4OS/c14-13-17-10-2-1-9(7-11(10)19-13)16-12(18)8-3-5-15-6-4-8/h3-6,9H,1-2,7H2,(H2,14,17)(H,16,18)/t9-/m0/s1. The maximum absolute atomic E-state index is 12.1. The molecule has 19 heavy (non-hydrogen) atoms. The number of nitrogen functional groups attached to an aromatic ring is 1. The highest BCUT2D eigenvalue weighted by Crippen LogP contribution is 2.28. The van der Waals surface area contributed by atoms with Crippen LogP contribution in [0.4, 0.5) is 5.13 Å². The molecule has 2 heterocycles. The van der Waals surface area contributed by atoms with E-state index in [4.69, 9.17) is 5.73 Å². The molecule has 1 aliphatic rings. The van der Waals surface area contributed by atoms with Gasteiger partial charge in [-0.1, -0.05) is 0 Å². The van der Waals surface area contributed by atoms with Crippen LogP contribution in [-0.4, -0.2) is 21.9 Å². The monoisotopic (exact) mass is 274 g/mol. The first-order chi connectivity index (χ1) is 9.22. The number of nitrogens with zero attached hydrogens (tertiary/aromatic N) is 2. The van der Waals surface area contributed by atoms with Gasteiger partial charge in [-0.2, -0.15) is 0 Å². The average molecular weight is 274 g/mol. The molecule has 0 bridgehead atoms. The summed E-state index contributed by atoms with van der Waals surface area (Å²) in [6.07, 6.45) is 5.86. The Hall–Kier alpha value is -1.95. The van der Waals surface area contributed by atoms with E-state index < -0.39 is 0 Å². The molecule has 0 saturated carbocycles. The Kier molecular flexibility index (Phi) is 3.16. The zero-order valence-corrected chi connectivity index (χ0v) is 11.1. The predicted molar refractivity (Wildman–Crippen MR) is 74.0 cm³/mol. The Balaban J connectivity index is 1.68. The Labute approximate surface area is 114 Å². The van der Waals surface area contributed by atoms with Gasteiger partial charge >= 0.3 is 0 Å². The van der Waals surface area contributed by atoms with Crippen LogP contribution in [0.5, 0.6) is 0 Å². The largest absolute Gasteiger partial charge is 0.375 e. The Morgan fingerprint density at radius 2 is 2.21 bits per heavy atom. The molecule has 1 atom stereocenters. The lowest BCUT2D eigenvalue weighted by Gasteiger charge is -2.22. The van der Waals surface area contributed by atoms with Crippen LogP contribution < -0.4 is 11.1 Å². The number of hydrogen-bond acceptors (Lipinski definition) is 5. The van der Waals surface area contributed by atoms with Gasteiger partial charge in [0.15, 0.2) is 5.13 Å². The SMILES string of the molecule is Nc1nc2c(s1)C[C@@H](NC(=O)c1ccncc1)CC2. The zero-order chi connectivity index (χ0) is 13.2. The van der Waals surface area contributed by atoms with Crippen molar-refractivity contribution >= 4 is 22.4 Å². The van der Waals surface area contributed by atoms with Crippen molar-refractivity contribution in [1.82, 2.24) is 15.3 Å². The van der Waals surface area contributed by atoms with Gasteiger partial charge in [-0.3, -0.25) is 9.78 Å². The summed E-state index contributed by atoms with van der Waals surface area (Å²) in [5, 5.41) is 3.67. The lowest BCUT2D eigenvalue weighted by molar-refractivity contribution is 0.0933. The van der Waals surface area contributed by atoms with E-state index in [0.717, 1.165) is 25.0 Å². The second kappa shape index (κ2) is 4.97. The summed E-state index contributed by atoms with van der Waals surface area (Å²) in [7, 11) is 0. The second-order valence-corrected chi connectivity index (χ2v) is 5.69. The number of rotatable bonds is 2. The van der Waals surface area contributed by atoms with Crippen LogP contribution in [0.1, 0.15) is 27.3 Å².